The maximum atomic E-state index is 11.5. The number of halogens is 1. The fourth-order valence-electron chi connectivity index (χ4n) is 1.68. The van der Waals surface area contributed by atoms with Gasteiger partial charge in [-0.3, -0.25) is 4.79 Å². The quantitative estimate of drug-likeness (QED) is 0.861. The van der Waals surface area contributed by atoms with E-state index in [-0.39, 0.29) is 5.56 Å². The molecule has 0 atom stereocenters. The summed E-state index contributed by atoms with van der Waals surface area (Å²) in [5.74, 6) is 0.822. The number of ether oxygens (including phenoxy) is 1. The van der Waals surface area contributed by atoms with E-state index in [2.05, 4.69) is 15.9 Å². The lowest BCUT2D eigenvalue weighted by molar-refractivity contribution is 0.301. The largest absolute Gasteiger partial charge is 0.494 e. The van der Waals surface area contributed by atoms with Gasteiger partial charge in [0.2, 0.25) is 0 Å². The smallest absolute Gasteiger partial charge is 0.250 e. The van der Waals surface area contributed by atoms with Gasteiger partial charge in [0.25, 0.3) is 5.56 Å². The molecule has 2 N–H and O–H groups in total. The fraction of sp³-hybridized carbons (Fsp3) is 0.214. The number of aromatic nitrogens is 1. The monoisotopic (exact) mass is 322 g/mol. The molecule has 0 amide bonds. The molecular weight excluding hydrogens is 308 g/mol. The topological polar surface area (TPSA) is 57.2 Å². The molecule has 0 aliphatic heterocycles. The first-order valence-electron chi connectivity index (χ1n) is 5.99. The van der Waals surface area contributed by atoms with E-state index in [1.807, 2.05) is 24.3 Å². The summed E-state index contributed by atoms with van der Waals surface area (Å²) in [5, 5.41) is 0. The highest BCUT2D eigenvalue weighted by molar-refractivity contribution is 9.10. The average Bonchev–Trinajstić information content (AvgIpc) is 2.40. The van der Waals surface area contributed by atoms with Gasteiger partial charge in [0.1, 0.15) is 5.75 Å². The maximum Gasteiger partial charge on any atom is 0.250 e. The van der Waals surface area contributed by atoms with Crippen LogP contribution in [0.15, 0.2) is 51.9 Å². The molecule has 0 saturated carbocycles. The zero-order valence-electron chi connectivity index (χ0n) is 10.4. The SMILES string of the molecule is Nc1ccc(=O)n(CCCOc2ccc(Br)cc2)c1. The van der Waals surface area contributed by atoms with E-state index in [0.29, 0.717) is 18.8 Å². The molecule has 0 unspecified atom stereocenters. The number of hydrogen-bond donors (Lipinski definition) is 1. The van der Waals surface area contributed by atoms with Crippen LogP contribution in [0, 0.1) is 0 Å². The molecule has 0 saturated heterocycles. The first-order chi connectivity index (χ1) is 9.15. The number of nitrogens with zero attached hydrogens (tertiary/aromatic N) is 1. The molecule has 1 aromatic heterocycles. The van der Waals surface area contributed by atoms with Crippen molar-refractivity contribution < 1.29 is 4.74 Å². The standard InChI is InChI=1S/C14H15BrN2O2/c15-11-2-5-13(6-3-11)19-9-1-8-17-10-12(16)4-7-14(17)18/h2-7,10H,1,8-9,16H2. The molecule has 5 heteroatoms. The van der Waals surface area contributed by atoms with Crippen LogP contribution in [0.25, 0.3) is 0 Å². The van der Waals surface area contributed by atoms with Gasteiger partial charge >= 0.3 is 0 Å². The fourth-order valence-corrected chi connectivity index (χ4v) is 1.94. The van der Waals surface area contributed by atoms with Crippen molar-refractivity contribution in [2.24, 2.45) is 0 Å². The molecule has 4 nitrogen and oxygen atoms in total. The third-order valence-corrected chi connectivity index (χ3v) is 3.16. The highest BCUT2D eigenvalue weighted by Crippen LogP contribution is 2.16. The Balaban J connectivity index is 1.82. The predicted octanol–water partition coefficient (Wildman–Crippen LogP) is 2.66. The van der Waals surface area contributed by atoms with Gasteiger partial charge in [-0.05, 0) is 36.8 Å². The summed E-state index contributed by atoms with van der Waals surface area (Å²) in [6.45, 7) is 1.16. The molecule has 0 radical (unpaired) electrons. The molecule has 0 fully saturated rings. The van der Waals surface area contributed by atoms with Gasteiger partial charge in [-0.15, -0.1) is 0 Å². The van der Waals surface area contributed by atoms with E-state index in [1.54, 1.807) is 16.8 Å². The summed E-state index contributed by atoms with van der Waals surface area (Å²) < 4.78 is 8.20. The summed E-state index contributed by atoms with van der Waals surface area (Å²) in [6.07, 6.45) is 2.40. The highest BCUT2D eigenvalue weighted by Gasteiger charge is 1.98. The van der Waals surface area contributed by atoms with Crippen LogP contribution in [0.4, 0.5) is 5.69 Å². The molecule has 2 rings (SSSR count). The van der Waals surface area contributed by atoms with Crippen LogP contribution in [0.3, 0.4) is 0 Å². The highest BCUT2D eigenvalue weighted by atomic mass is 79.9. The number of nitrogen functional groups attached to an aromatic ring is 1. The third kappa shape index (κ3) is 4.13. The predicted molar refractivity (Wildman–Crippen MR) is 79.4 cm³/mol. The van der Waals surface area contributed by atoms with Crippen LogP contribution in [0.1, 0.15) is 6.42 Å². The minimum Gasteiger partial charge on any atom is -0.494 e. The van der Waals surface area contributed by atoms with Crippen LogP contribution in [0.5, 0.6) is 5.75 Å². The molecule has 0 aliphatic rings. The summed E-state index contributed by atoms with van der Waals surface area (Å²) >= 11 is 3.37. The van der Waals surface area contributed by atoms with E-state index in [4.69, 9.17) is 10.5 Å². The summed E-state index contributed by atoms with van der Waals surface area (Å²) in [6, 6.07) is 10.7. The van der Waals surface area contributed by atoms with E-state index in [9.17, 15) is 4.79 Å². The second-order valence-electron chi connectivity index (χ2n) is 4.15. The molecule has 1 heterocycles. The zero-order chi connectivity index (χ0) is 13.7. The Kier molecular flexibility index (Phi) is 4.63. The molecular formula is C14H15BrN2O2. The second-order valence-corrected chi connectivity index (χ2v) is 5.07. The Hall–Kier alpha value is -1.75. The Morgan fingerprint density at radius 2 is 1.89 bits per heavy atom. The average molecular weight is 323 g/mol. The van der Waals surface area contributed by atoms with Crippen molar-refractivity contribution in [1.29, 1.82) is 0 Å². The molecule has 0 bridgehead atoms. The van der Waals surface area contributed by atoms with E-state index in [0.717, 1.165) is 16.6 Å². The first-order valence-corrected chi connectivity index (χ1v) is 6.79. The van der Waals surface area contributed by atoms with Crippen LogP contribution in [0.2, 0.25) is 0 Å². The van der Waals surface area contributed by atoms with Crippen LogP contribution < -0.4 is 16.0 Å². The lowest BCUT2D eigenvalue weighted by Gasteiger charge is -2.08. The number of pyridine rings is 1. The summed E-state index contributed by atoms with van der Waals surface area (Å²) in [4.78, 5) is 11.5. The molecule has 2 aromatic rings. The number of rotatable bonds is 5. The maximum absolute atomic E-state index is 11.5. The van der Waals surface area contributed by atoms with Crippen molar-refractivity contribution in [3.05, 3.63) is 57.4 Å². The lowest BCUT2D eigenvalue weighted by Crippen LogP contribution is -2.20. The molecule has 1 aromatic carbocycles. The summed E-state index contributed by atoms with van der Waals surface area (Å²) in [5.41, 5.74) is 6.19. The van der Waals surface area contributed by atoms with E-state index >= 15 is 0 Å². The normalized spacial score (nSPS) is 10.4. The van der Waals surface area contributed by atoms with Crippen molar-refractivity contribution in [2.75, 3.05) is 12.3 Å². The van der Waals surface area contributed by atoms with Gasteiger partial charge in [-0.25, -0.2) is 0 Å². The van der Waals surface area contributed by atoms with Crippen molar-refractivity contribution >= 4 is 21.6 Å². The number of aryl methyl sites for hydroxylation is 1. The van der Waals surface area contributed by atoms with Crippen LogP contribution in [-0.2, 0) is 6.54 Å². The molecule has 0 spiro atoms. The Labute approximate surface area is 119 Å². The Morgan fingerprint density at radius 3 is 2.63 bits per heavy atom. The third-order valence-electron chi connectivity index (χ3n) is 2.63. The van der Waals surface area contributed by atoms with Crippen molar-refractivity contribution in [3.8, 4) is 5.75 Å². The van der Waals surface area contributed by atoms with Crippen molar-refractivity contribution in [2.45, 2.75) is 13.0 Å². The Bertz CT molecular complexity index is 593. The van der Waals surface area contributed by atoms with Crippen molar-refractivity contribution in [1.82, 2.24) is 4.57 Å². The molecule has 0 aliphatic carbocycles. The number of benzene rings is 1. The minimum absolute atomic E-state index is 0.0437. The number of nitrogens with two attached hydrogens (primary N) is 1. The Morgan fingerprint density at radius 1 is 1.16 bits per heavy atom. The molecule has 100 valence electrons. The van der Waals surface area contributed by atoms with Gasteiger partial charge in [-0.1, -0.05) is 15.9 Å². The second kappa shape index (κ2) is 6.43. The zero-order valence-corrected chi connectivity index (χ0v) is 12.0. The van der Waals surface area contributed by atoms with Crippen molar-refractivity contribution in [3.63, 3.8) is 0 Å². The van der Waals surface area contributed by atoms with Gasteiger partial charge in [-0.2, -0.15) is 0 Å². The number of hydrogen-bond acceptors (Lipinski definition) is 3. The van der Waals surface area contributed by atoms with Gasteiger partial charge < -0.3 is 15.0 Å². The van der Waals surface area contributed by atoms with Crippen LogP contribution >= 0.6 is 15.9 Å². The van der Waals surface area contributed by atoms with E-state index < -0.39 is 0 Å². The van der Waals surface area contributed by atoms with Gasteiger partial charge in [0, 0.05) is 29.0 Å². The number of anilines is 1. The minimum atomic E-state index is -0.0437. The molecule has 19 heavy (non-hydrogen) atoms. The van der Waals surface area contributed by atoms with E-state index in [1.165, 1.54) is 6.07 Å². The van der Waals surface area contributed by atoms with Gasteiger partial charge in [0.15, 0.2) is 0 Å². The first kappa shape index (κ1) is 13.7. The lowest BCUT2D eigenvalue weighted by atomic mass is 10.3. The van der Waals surface area contributed by atoms with Crippen LogP contribution in [-0.4, -0.2) is 11.2 Å². The van der Waals surface area contributed by atoms with Gasteiger partial charge in [0.05, 0.1) is 6.61 Å². The summed E-state index contributed by atoms with van der Waals surface area (Å²) in [7, 11) is 0.